The van der Waals surface area contributed by atoms with E-state index in [0.717, 1.165) is 71.8 Å². The molecule has 0 radical (unpaired) electrons. The van der Waals surface area contributed by atoms with Crippen molar-refractivity contribution >= 4 is 34.2 Å². The van der Waals surface area contributed by atoms with Gasteiger partial charge >= 0.3 is 0 Å². The number of aromatic nitrogens is 3. The Morgan fingerprint density at radius 2 is 1.57 bits per heavy atom. The Bertz CT molecular complexity index is 1620. The molecule has 200 valence electrons. The van der Waals surface area contributed by atoms with Gasteiger partial charge in [0.2, 0.25) is 0 Å². The Kier molecular flexibility index (Phi) is 7.80. The third kappa shape index (κ3) is 6.19. The Hall–Kier alpha value is -4.13. The van der Waals surface area contributed by atoms with Crippen molar-refractivity contribution in [3.05, 3.63) is 119 Å². The van der Waals surface area contributed by atoms with Gasteiger partial charge in [-0.05, 0) is 52.1 Å². The van der Waals surface area contributed by atoms with Crippen LogP contribution in [0.15, 0.2) is 97.5 Å². The second kappa shape index (κ2) is 11.9. The van der Waals surface area contributed by atoms with Gasteiger partial charge in [-0.3, -0.25) is 19.7 Å². The van der Waals surface area contributed by atoms with Gasteiger partial charge in [-0.2, -0.15) is 0 Å². The van der Waals surface area contributed by atoms with Crippen LogP contribution in [0.2, 0.25) is 5.02 Å². The van der Waals surface area contributed by atoms with E-state index in [9.17, 15) is 4.79 Å². The Balaban J connectivity index is 1.10. The average Bonchev–Trinajstić information content (AvgIpc) is 2.99. The van der Waals surface area contributed by atoms with E-state index < -0.39 is 0 Å². The van der Waals surface area contributed by atoms with Crippen LogP contribution in [0.1, 0.15) is 16.7 Å². The molecule has 6 rings (SSSR count). The van der Waals surface area contributed by atoms with E-state index in [0.29, 0.717) is 17.9 Å². The molecule has 1 aliphatic rings. The number of piperazine rings is 1. The van der Waals surface area contributed by atoms with Gasteiger partial charge in [0.25, 0.3) is 0 Å². The predicted molar refractivity (Wildman–Crippen MR) is 161 cm³/mol. The zero-order chi connectivity index (χ0) is 27.3. The van der Waals surface area contributed by atoms with Crippen LogP contribution in [0.25, 0.3) is 22.2 Å². The minimum atomic E-state index is 0.146. The fourth-order valence-electron chi connectivity index (χ4n) is 5.18. The van der Waals surface area contributed by atoms with E-state index in [-0.39, 0.29) is 5.78 Å². The van der Waals surface area contributed by atoms with Gasteiger partial charge in [-0.15, -0.1) is 0 Å². The first kappa shape index (κ1) is 26.1. The SMILES string of the molecule is O=C(Cc1ccc(-c2ccc3ncc(N4CCN(Cc5cccnc5)CC4)nc3c2)cc1)Cc1ccccc1Cl. The summed E-state index contributed by atoms with van der Waals surface area (Å²) < 4.78 is 0. The molecule has 0 atom stereocenters. The average molecular weight is 548 g/mol. The molecule has 3 heterocycles. The summed E-state index contributed by atoms with van der Waals surface area (Å²) in [4.78, 5) is 31.3. The Morgan fingerprint density at radius 3 is 2.35 bits per heavy atom. The molecule has 0 amide bonds. The quantitative estimate of drug-likeness (QED) is 0.237. The van der Waals surface area contributed by atoms with E-state index in [1.54, 1.807) is 0 Å². The topological polar surface area (TPSA) is 62.2 Å². The molecule has 40 heavy (non-hydrogen) atoms. The third-order valence-corrected chi connectivity index (χ3v) is 7.76. The zero-order valence-corrected chi connectivity index (χ0v) is 23.0. The Morgan fingerprint density at radius 1 is 0.775 bits per heavy atom. The molecule has 0 bridgehead atoms. The number of halogens is 1. The fraction of sp³-hybridized carbons (Fsp3) is 0.212. The fourth-order valence-corrected chi connectivity index (χ4v) is 5.38. The van der Waals surface area contributed by atoms with Crippen molar-refractivity contribution in [3.8, 4) is 11.1 Å². The standard InChI is InChI=1S/C33H30ClN5O/c34-30-6-2-1-5-28(30)19-29(40)18-24-7-9-26(10-8-24)27-11-12-31-32(20-27)37-33(22-36-31)39-16-14-38(15-17-39)23-25-4-3-13-35-21-25/h1-13,20-22H,14-19,23H2. The molecule has 3 aromatic carbocycles. The number of Topliss-reactive ketones (excluding diaryl/α,β-unsaturated/α-hetero) is 1. The molecular formula is C33H30ClN5O. The smallest absolute Gasteiger partial charge is 0.147 e. The number of rotatable bonds is 8. The third-order valence-electron chi connectivity index (χ3n) is 7.39. The van der Waals surface area contributed by atoms with Gasteiger partial charge in [0.05, 0.1) is 17.2 Å². The second-order valence-corrected chi connectivity index (χ2v) is 10.6. The zero-order valence-electron chi connectivity index (χ0n) is 22.2. The van der Waals surface area contributed by atoms with Crippen LogP contribution in [0.4, 0.5) is 5.82 Å². The highest BCUT2D eigenvalue weighted by Crippen LogP contribution is 2.25. The van der Waals surface area contributed by atoms with E-state index in [4.69, 9.17) is 21.6 Å². The summed E-state index contributed by atoms with van der Waals surface area (Å²) in [5, 5.41) is 0.636. The number of pyridine rings is 1. The van der Waals surface area contributed by atoms with E-state index >= 15 is 0 Å². The first-order valence-electron chi connectivity index (χ1n) is 13.6. The van der Waals surface area contributed by atoms with Crippen molar-refractivity contribution in [1.29, 1.82) is 0 Å². The van der Waals surface area contributed by atoms with Crippen molar-refractivity contribution in [2.45, 2.75) is 19.4 Å². The van der Waals surface area contributed by atoms with E-state index in [1.807, 2.05) is 67.1 Å². The summed E-state index contributed by atoms with van der Waals surface area (Å²) in [7, 11) is 0. The molecule has 1 aliphatic heterocycles. The highest BCUT2D eigenvalue weighted by molar-refractivity contribution is 6.31. The van der Waals surface area contributed by atoms with Gasteiger partial charge in [0, 0.05) is 63.0 Å². The number of carbonyl (C=O) groups excluding carboxylic acids is 1. The molecule has 0 spiro atoms. The lowest BCUT2D eigenvalue weighted by Gasteiger charge is -2.35. The van der Waals surface area contributed by atoms with Crippen LogP contribution < -0.4 is 4.90 Å². The van der Waals surface area contributed by atoms with Crippen molar-refractivity contribution in [2.75, 3.05) is 31.1 Å². The summed E-state index contributed by atoms with van der Waals surface area (Å²) in [5.41, 5.74) is 7.02. The first-order valence-corrected chi connectivity index (χ1v) is 14.0. The number of nitrogens with zero attached hydrogens (tertiary/aromatic N) is 5. The molecule has 0 saturated carbocycles. The maximum atomic E-state index is 12.6. The number of anilines is 1. The van der Waals surface area contributed by atoms with Gasteiger partial charge in [0.1, 0.15) is 11.6 Å². The van der Waals surface area contributed by atoms with Crippen molar-refractivity contribution in [1.82, 2.24) is 19.9 Å². The van der Waals surface area contributed by atoms with Crippen LogP contribution >= 0.6 is 11.6 Å². The van der Waals surface area contributed by atoms with Gasteiger partial charge < -0.3 is 4.90 Å². The lowest BCUT2D eigenvalue weighted by atomic mass is 9.99. The van der Waals surface area contributed by atoms with Gasteiger partial charge in [0.15, 0.2) is 0 Å². The van der Waals surface area contributed by atoms with Crippen LogP contribution in [0.5, 0.6) is 0 Å². The summed E-state index contributed by atoms with van der Waals surface area (Å²) in [6, 6.07) is 26.0. The number of benzene rings is 3. The normalized spacial score (nSPS) is 14.0. The lowest BCUT2D eigenvalue weighted by Crippen LogP contribution is -2.46. The van der Waals surface area contributed by atoms with Crippen LogP contribution in [-0.4, -0.2) is 51.8 Å². The summed E-state index contributed by atoms with van der Waals surface area (Å²) in [6.07, 6.45) is 6.36. The number of ketones is 1. The van der Waals surface area contributed by atoms with Gasteiger partial charge in [-0.25, -0.2) is 4.98 Å². The van der Waals surface area contributed by atoms with Crippen molar-refractivity contribution < 1.29 is 4.79 Å². The summed E-state index contributed by atoms with van der Waals surface area (Å²) in [5.74, 6) is 1.06. The second-order valence-electron chi connectivity index (χ2n) is 10.2. The molecule has 7 heteroatoms. The van der Waals surface area contributed by atoms with Crippen molar-refractivity contribution in [3.63, 3.8) is 0 Å². The molecule has 1 fully saturated rings. The molecule has 0 N–H and O–H groups in total. The predicted octanol–water partition coefficient (Wildman–Crippen LogP) is 6.02. The Labute approximate surface area is 239 Å². The number of hydrogen-bond donors (Lipinski definition) is 0. The number of fused-ring (bicyclic) bond motifs is 1. The van der Waals surface area contributed by atoms with Crippen LogP contribution in [-0.2, 0) is 24.2 Å². The van der Waals surface area contributed by atoms with Crippen LogP contribution in [0, 0.1) is 0 Å². The highest BCUT2D eigenvalue weighted by atomic mass is 35.5. The maximum Gasteiger partial charge on any atom is 0.147 e. The maximum absolute atomic E-state index is 12.6. The molecule has 0 unspecified atom stereocenters. The van der Waals surface area contributed by atoms with E-state index in [1.165, 1.54) is 5.56 Å². The van der Waals surface area contributed by atoms with Crippen molar-refractivity contribution in [2.24, 2.45) is 0 Å². The minimum Gasteiger partial charge on any atom is -0.353 e. The van der Waals surface area contributed by atoms with Crippen LogP contribution in [0.3, 0.4) is 0 Å². The molecule has 2 aromatic heterocycles. The molecule has 0 aliphatic carbocycles. The summed E-state index contributed by atoms with van der Waals surface area (Å²) >= 11 is 6.22. The van der Waals surface area contributed by atoms with Gasteiger partial charge in [-0.1, -0.05) is 66.2 Å². The largest absolute Gasteiger partial charge is 0.353 e. The molecule has 6 nitrogen and oxygen atoms in total. The number of carbonyl (C=O) groups is 1. The lowest BCUT2D eigenvalue weighted by molar-refractivity contribution is -0.117. The highest BCUT2D eigenvalue weighted by Gasteiger charge is 2.19. The summed E-state index contributed by atoms with van der Waals surface area (Å²) in [6.45, 7) is 4.69. The molecule has 1 saturated heterocycles. The monoisotopic (exact) mass is 547 g/mol. The van der Waals surface area contributed by atoms with E-state index in [2.05, 4.69) is 45.1 Å². The molecular weight excluding hydrogens is 518 g/mol. The minimum absolute atomic E-state index is 0.146. The first-order chi connectivity index (χ1) is 19.6. The number of hydrogen-bond acceptors (Lipinski definition) is 6. The molecule has 5 aromatic rings.